The predicted molar refractivity (Wildman–Crippen MR) is 96.5 cm³/mol. The Hall–Kier alpha value is -1.69. The standard InChI is InChI=1S/C19H25NO3S/c1-5-23-13-18-9-7-6-8-17(18)12-20-24(21,22)19-15(3)10-14(2)11-16(19)4/h6-11,20H,5,12-13H2,1-4H3. The van der Waals surface area contributed by atoms with Crippen molar-refractivity contribution in [3.63, 3.8) is 0 Å². The molecule has 0 spiro atoms. The van der Waals surface area contributed by atoms with Crippen LogP contribution in [0.2, 0.25) is 0 Å². The molecule has 0 amide bonds. The average molecular weight is 347 g/mol. The van der Waals surface area contributed by atoms with Gasteiger partial charge in [0.15, 0.2) is 0 Å². The molecule has 0 atom stereocenters. The van der Waals surface area contributed by atoms with E-state index >= 15 is 0 Å². The van der Waals surface area contributed by atoms with Crippen LogP contribution in [0.3, 0.4) is 0 Å². The monoisotopic (exact) mass is 347 g/mol. The molecule has 0 unspecified atom stereocenters. The number of sulfonamides is 1. The maximum atomic E-state index is 12.7. The van der Waals surface area contributed by atoms with Gasteiger partial charge in [-0.15, -0.1) is 0 Å². The molecule has 1 N–H and O–H groups in total. The van der Waals surface area contributed by atoms with Crippen molar-refractivity contribution in [2.24, 2.45) is 0 Å². The van der Waals surface area contributed by atoms with Crippen LogP contribution in [0.4, 0.5) is 0 Å². The third-order valence-corrected chi connectivity index (χ3v) is 5.61. The Kier molecular flexibility index (Phi) is 6.15. The van der Waals surface area contributed by atoms with Crippen molar-refractivity contribution in [1.82, 2.24) is 4.72 Å². The Balaban J connectivity index is 2.23. The lowest BCUT2D eigenvalue weighted by molar-refractivity contribution is 0.133. The Bertz CT molecular complexity index is 790. The number of hydrogen-bond donors (Lipinski definition) is 1. The maximum Gasteiger partial charge on any atom is 0.241 e. The first-order valence-electron chi connectivity index (χ1n) is 8.07. The number of ether oxygens (including phenoxy) is 1. The smallest absolute Gasteiger partial charge is 0.241 e. The van der Waals surface area contributed by atoms with Gasteiger partial charge >= 0.3 is 0 Å². The summed E-state index contributed by atoms with van der Waals surface area (Å²) >= 11 is 0. The summed E-state index contributed by atoms with van der Waals surface area (Å²) in [4.78, 5) is 0.371. The van der Waals surface area contributed by atoms with E-state index in [-0.39, 0.29) is 6.54 Å². The topological polar surface area (TPSA) is 55.4 Å². The molecule has 2 aromatic rings. The lowest BCUT2D eigenvalue weighted by atomic mass is 10.1. The zero-order chi connectivity index (χ0) is 17.7. The maximum absolute atomic E-state index is 12.7. The predicted octanol–water partition coefficient (Wildman–Crippen LogP) is 3.63. The van der Waals surface area contributed by atoms with E-state index in [1.165, 1.54) is 0 Å². The van der Waals surface area contributed by atoms with Gasteiger partial charge < -0.3 is 4.74 Å². The van der Waals surface area contributed by atoms with Crippen LogP contribution in [0.25, 0.3) is 0 Å². The molecule has 0 aliphatic heterocycles. The van der Waals surface area contributed by atoms with E-state index in [2.05, 4.69) is 4.72 Å². The minimum absolute atomic E-state index is 0.248. The molecule has 5 heteroatoms. The third kappa shape index (κ3) is 4.44. The lowest BCUT2D eigenvalue weighted by Gasteiger charge is -2.14. The van der Waals surface area contributed by atoms with Crippen LogP contribution >= 0.6 is 0 Å². The van der Waals surface area contributed by atoms with Crippen molar-refractivity contribution in [2.45, 2.75) is 45.7 Å². The SMILES string of the molecule is CCOCc1ccccc1CNS(=O)(=O)c1c(C)cc(C)cc1C. The van der Waals surface area contributed by atoms with E-state index < -0.39 is 10.0 Å². The molecule has 24 heavy (non-hydrogen) atoms. The van der Waals surface area contributed by atoms with Gasteiger partial charge in [0, 0.05) is 13.2 Å². The quantitative estimate of drug-likeness (QED) is 0.832. The number of rotatable bonds is 7. The van der Waals surface area contributed by atoms with Crippen molar-refractivity contribution in [3.8, 4) is 0 Å². The molecule has 0 aromatic heterocycles. The molecule has 2 rings (SSSR count). The third-order valence-electron chi connectivity index (χ3n) is 3.91. The normalized spacial score (nSPS) is 11.7. The average Bonchev–Trinajstić information content (AvgIpc) is 2.50. The van der Waals surface area contributed by atoms with Crippen LogP contribution in [-0.4, -0.2) is 15.0 Å². The number of benzene rings is 2. The summed E-state index contributed by atoms with van der Waals surface area (Å²) in [5.41, 5.74) is 4.52. The highest BCUT2D eigenvalue weighted by Gasteiger charge is 2.20. The molecule has 0 fully saturated rings. The summed E-state index contributed by atoms with van der Waals surface area (Å²) in [6.45, 7) is 8.93. The summed E-state index contributed by atoms with van der Waals surface area (Å²) in [7, 11) is -3.56. The molecule has 2 aromatic carbocycles. The van der Waals surface area contributed by atoms with Crippen molar-refractivity contribution >= 4 is 10.0 Å². The van der Waals surface area contributed by atoms with Gasteiger partial charge in [-0.25, -0.2) is 13.1 Å². The zero-order valence-electron chi connectivity index (χ0n) is 14.7. The first-order valence-corrected chi connectivity index (χ1v) is 9.55. The van der Waals surface area contributed by atoms with Gasteiger partial charge in [-0.2, -0.15) is 0 Å². The summed E-state index contributed by atoms with van der Waals surface area (Å²) in [5, 5.41) is 0. The summed E-state index contributed by atoms with van der Waals surface area (Å²) < 4.78 is 33.7. The van der Waals surface area contributed by atoms with Gasteiger partial charge in [0.1, 0.15) is 0 Å². The molecule has 0 saturated heterocycles. The molecular formula is C19H25NO3S. The fourth-order valence-corrected chi connectivity index (χ4v) is 4.37. The minimum Gasteiger partial charge on any atom is -0.377 e. The Morgan fingerprint density at radius 1 is 1.00 bits per heavy atom. The number of hydrogen-bond acceptors (Lipinski definition) is 3. The van der Waals surface area contributed by atoms with Crippen LogP contribution in [0.5, 0.6) is 0 Å². The minimum atomic E-state index is -3.56. The van der Waals surface area contributed by atoms with E-state index in [0.29, 0.717) is 18.1 Å². The van der Waals surface area contributed by atoms with Crippen molar-refractivity contribution < 1.29 is 13.2 Å². The molecule has 0 radical (unpaired) electrons. The van der Waals surface area contributed by atoms with E-state index in [9.17, 15) is 8.42 Å². The second kappa shape index (κ2) is 7.92. The van der Waals surface area contributed by atoms with Crippen LogP contribution in [0.1, 0.15) is 34.7 Å². The van der Waals surface area contributed by atoms with Gasteiger partial charge in [0.25, 0.3) is 0 Å². The Morgan fingerprint density at radius 3 is 2.17 bits per heavy atom. The summed E-state index contributed by atoms with van der Waals surface area (Å²) in [6.07, 6.45) is 0. The fraction of sp³-hybridized carbons (Fsp3) is 0.368. The van der Waals surface area contributed by atoms with Crippen molar-refractivity contribution in [1.29, 1.82) is 0 Å². The highest BCUT2D eigenvalue weighted by Crippen LogP contribution is 2.22. The van der Waals surface area contributed by atoms with Crippen LogP contribution < -0.4 is 4.72 Å². The fourth-order valence-electron chi connectivity index (χ4n) is 2.92. The van der Waals surface area contributed by atoms with Gasteiger partial charge in [-0.05, 0) is 49.9 Å². The number of aryl methyl sites for hydroxylation is 3. The molecule has 4 nitrogen and oxygen atoms in total. The molecule has 0 aliphatic carbocycles. The molecule has 0 heterocycles. The summed E-state index contributed by atoms with van der Waals surface area (Å²) in [5.74, 6) is 0. The zero-order valence-corrected chi connectivity index (χ0v) is 15.5. The van der Waals surface area contributed by atoms with Crippen LogP contribution in [0, 0.1) is 20.8 Å². The second-order valence-electron chi connectivity index (χ2n) is 5.96. The molecule has 130 valence electrons. The van der Waals surface area contributed by atoms with E-state index in [4.69, 9.17) is 4.74 Å². The number of nitrogens with one attached hydrogen (secondary N) is 1. The van der Waals surface area contributed by atoms with Gasteiger partial charge in [0.05, 0.1) is 11.5 Å². The molecule has 0 saturated carbocycles. The highest BCUT2D eigenvalue weighted by molar-refractivity contribution is 7.89. The highest BCUT2D eigenvalue weighted by atomic mass is 32.2. The van der Waals surface area contributed by atoms with Gasteiger partial charge in [-0.1, -0.05) is 42.0 Å². The molecule has 0 bridgehead atoms. The molecule has 0 aliphatic rings. The Labute approximate surface area is 144 Å². The second-order valence-corrected chi connectivity index (χ2v) is 7.66. The first-order chi connectivity index (χ1) is 11.3. The molecular weight excluding hydrogens is 322 g/mol. The van der Waals surface area contributed by atoms with E-state index in [1.54, 1.807) is 0 Å². The van der Waals surface area contributed by atoms with Gasteiger partial charge in [0.2, 0.25) is 10.0 Å². The van der Waals surface area contributed by atoms with Crippen molar-refractivity contribution in [3.05, 3.63) is 64.2 Å². The van der Waals surface area contributed by atoms with Gasteiger partial charge in [-0.3, -0.25) is 0 Å². The van der Waals surface area contributed by atoms with E-state index in [0.717, 1.165) is 27.8 Å². The summed E-state index contributed by atoms with van der Waals surface area (Å²) in [6, 6.07) is 11.5. The Morgan fingerprint density at radius 2 is 1.58 bits per heavy atom. The van der Waals surface area contributed by atoms with E-state index in [1.807, 2.05) is 64.1 Å². The largest absolute Gasteiger partial charge is 0.377 e. The van der Waals surface area contributed by atoms with Crippen LogP contribution in [0.15, 0.2) is 41.3 Å². The lowest BCUT2D eigenvalue weighted by Crippen LogP contribution is -2.25. The van der Waals surface area contributed by atoms with Crippen LogP contribution in [-0.2, 0) is 27.9 Å². The first kappa shape index (κ1) is 18.6. The van der Waals surface area contributed by atoms with Crippen molar-refractivity contribution in [2.75, 3.05) is 6.61 Å².